The predicted octanol–water partition coefficient (Wildman–Crippen LogP) is 2.85. The fourth-order valence-electron chi connectivity index (χ4n) is 1.92. The third-order valence-electron chi connectivity index (χ3n) is 2.63. The van der Waals surface area contributed by atoms with Gasteiger partial charge in [0.25, 0.3) is 0 Å². The number of rotatable bonds is 3. The van der Waals surface area contributed by atoms with Crippen LogP contribution in [-0.4, -0.2) is 13.2 Å². The molecule has 0 aromatic heterocycles. The molecule has 1 unspecified atom stereocenters. The van der Waals surface area contributed by atoms with E-state index in [1.807, 2.05) is 0 Å². The summed E-state index contributed by atoms with van der Waals surface area (Å²) in [4.78, 5) is 0. The summed E-state index contributed by atoms with van der Waals surface area (Å²) in [6.07, 6.45) is 1.78. The second kappa shape index (κ2) is 4.74. The molecule has 0 saturated carbocycles. The van der Waals surface area contributed by atoms with Gasteiger partial charge in [-0.15, -0.1) is 0 Å². The van der Waals surface area contributed by atoms with E-state index in [2.05, 4.69) is 10.1 Å². The second-order valence-electron chi connectivity index (χ2n) is 3.71. The van der Waals surface area contributed by atoms with Crippen LogP contribution in [0.5, 0.6) is 5.75 Å². The van der Waals surface area contributed by atoms with Gasteiger partial charge in [-0.05, 0) is 37.6 Å². The molecule has 1 aromatic carbocycles. The number of nitrogens with one attached hydrogen (secondary N) is 1. The smallest absolute Gasteiger partial charge is 0.387 e. The summed E-state index contributed by atoms with van der Waals surface area (Å²) in [5, 5.41) is 3.11. The summed E-state index contributed by atoms with van der Waals surface area (Å²) in [5.41, 5.74) is 0.399. The number of hydrogen-bond donors (Lipinski definition) is 1. The van der Waals surface area contributed by atoms with Crippen molar-refractivity contribution in [1.29, 1.82) is 0 Å². The first-order chi connectivity index (χ1) is 7.66. The molecule has 0 radical (unpaired) electrons. The van der Waals surface area contributed by atoms with Gasteiger partial charge < -0.3 is 10.1 Å². The Bertz CT molecular complexity index is 364. The van der Waals surface area contributed by atoms with Crippen molar-refractivity contribution in [2.45, 2.75) is 25.5 Å². The molecule has 0 amide bonds. The molecular weight excluding hydrogens is 219 g/mol. The van der Waals surface area contributed by atoms with E-state index in [0.29, 0.717) is 5.56 Å². The topological polar surface area (TPSA) is 21.3 Å². The molecule has 2 rings (SSSR count). The van der Waals surface area contributed by atoms with Gasteiger partial charge in [-0.25, -0.2) is 4.39 Å². The molecular formula is C11H12F3NO. The Labute approximate surface area is 91.4 Å². The highest BCUT2D eigenvalue weighted by Gasteiger charge is 2.20. The van der Waals surface area contributed by atoms with E-state index >= 15 is 0 Å². The van der Waals surface area contributed by atoms with E-state index in [1.54, 1.807) is 0 Å². The molecule has 1 aliphatic rings. The van der Waals surface area contributed by atoms with Crippen molar-refractivity contribution < 1.29 is 17.9 Å². The van der Waals surface area contributed by atoms with Crippen LogP contribution in [0.2, 0.25) is 0 Å². The minimum Gasteiger partial charge on any atom is -0.435 e. The maximum atomic E-state index is 13.5. The fourth-order valence-corrected chi connectivity index (χ4v) is 1.92. The molecule has 5 heteroatoms. The van der Waals surface area contributed by atoms with Gasteiger partial charge in [0.05, 0.1) is 0 Å². The Morgan fingerprint density at radius 3 is 2.81 bits per heavy atom. The zero-order valence-corrected chi connectivity index (χ0v) is 8.55. The SMILES string of the molecule is Fc1ccc(OC(F)F)cc1C1CCCN1. The zero-order chi connectivity index (χ0) is 11.5. The van der Waals surface area contributed by atoms with Crippen LogP contribution in [-0.2, 0) is 0 Å². The van der Waals surface area contributed by atoms with Gasteiger partial charge in [0, 0.05) is 11.6 Å². The van der Waals surface area contributed by atoms with Gasteiger partial charge in [-0.3, -0.25) is 0 Å². The van der Waals surface area contributed by atoms with Crippen molar-refractivity contribution >= 4 is 0 Å². The third-order valence-corrected chi connectivity index (χ3v) is 2.63. The minimum atomic E-state index is -2.88. The Morgan fingerprint density at radius 1 is 1.38 bits per heavy atom. The summed E-state index contributed by atoms with van der Waals surface area (Å²) in [6, 6.07) is 3.61. The largest absolute Gasteiger partial charge is 0.435 e. The number of halogens is 3. The van der Waals surface area contributed by atoms with Crippen LogP contribution in [0.1, 0.15) is 24.4 Å². The summed E-state index contributed by atoms with van der Waals surface area (Å²) in [6.45, 7) is -2.06. The van der Waals surface area contributed by atoms with Crippen LogP contribution in [0.3, 0.4) is 0 Å². The maximum absolute atomic E-state index is 13.5. The lowest BCUT2D eigenvalue weighted by molar-refractivity contribution is -0.0499. The summed E-state index contributed by atoms with van der Waals surface area (Å²) >= 11 is 0. The quantitative estimate of drug-likeness (QED) is 0.863. The van der Waals surface area contributed by atoms with Crippen molar-refractivity contribution in [3.63, 3.8) is 0 Å². The maximum Gasteiger partial charge on any atom is 0.387 e. The molecule has 0 spiro atoms. The molecule has 0 aliphatic carbocycles. The normalized spacial score (nSPS) is 20.4. The van der Waals surface area contributed by atoms with Crippen LogP contribution >= 0.6 is 0 Å². The number of hydrogen-bond acceptors (Lipinski definition) is 2. The lowest BCUT2D eigenvalue weighted by Gasteiger charge is -2.13. The van der Waals surface area contributed by atoms with E-state index in [0.717, 1.165) is 25.5 Å². The van der Waals surface area contributed by atoms with E-state index < -0.39 is 6.61 Å². The summed E-state index contributed by atoms with van der Waals surface area (Å²) in [7, 11) is 0. The van der Waals surface area contributed by atoms with Crippen molar-refractivity contribution in [2.75, 3.05) is 6.54 Å². The Kier molecular flexibility index (Phi) is 3.33. The predicted molar refractivity (Wildman–Crippen MR) is 53.0 cm³/mol. The van der Waals surface area contributed by atoms with Gasteiger partial charge in [0.2, 0.25) is 0 Å². The van der Waals surface area contributed by atoms with Gasteiger partial charge in [-0.2, -0.15) is 8.78 Å². The summed E-state index contributed by atoms with van der Waals surface area (Å²) in [5.74, 6) is -0.388. The van der Waals surface area contributed by atoms with Crippen LogP contribution in [0.25, 0.3) is 0 Å². The molecule has 1 N–H and O–H groups in total. The number of alkyl halides is 2. The van der Waals surface area contributed by atoms with Crippen LogP contribution < -0.4 is 10.1 Å². The Hall–Kier alpha value is -1.23. The standard InChI is InChI=1S/C11H12F3NO/c12-9-4-3-7(16-11(13)14)6-8(9)10-2-1-5-15-10/h3-4,6,10-11,15H,1-2,5H2. The first-order valence-corrected chi connectivity index (χ1v) is 5.14. The molecule has 0 bridgehead atoms. The van der Waals surface area contributed by atoms with Crippen LogP contribution in [0.15, 0.2) is 18.2 Å². The second-order valence-corrected chi connectivity index (χ2v) is 3.71. The molecule has 1 aliphatic heterocycles. The fraction of sp³-hybridized carbons (Fsp3) is 0.455. The highest BCUT2D eigenvalue weighted by atomic mass is 19.3. The first kappa shape index (κ1) is 11.3. The molecule has 1 aromatic rings. The minimum absolute atomic E-state index is 0.0000926. The van der Waals surface area contributed by atoms with Gasteiger partial charge in [-0.1, -0.05) is 0 Å². The molecule has 1 heterocycles. The third kappa shape index (κ3) is 2.47. The highest BCUT2D eigenvalue weighted by Crippen LogP contribution is 2.28. The monoisotopic (exact) mass is 231 g/mol. The van der Waals surface area contributed by atoms with E-state index in [1.165, 1.54) is 12.1 Å². The van der Waals surface area contributed by atoms with Crippen LogP contribution in [0, 0.1) is 5.82 Å². The Morgan fingerprint density at radius 2 is 2.19 bits per heavy atom. The van der Waals surface area contributed by atoms with Crippen molar-refractivity contribution in [1.82, 2.24) is 5.32 Å². The number of ether oxygens (including phenoxy) is 1. The van der Waals surface area contributed by atoms with E-state index in [9.17, 15) is 13.2 Å². The van der Waals surface area contributed by atoms with Crippen LogP contribution in [0.4, 0.5) is 13.2 Å². The van der Waals surface area contributed by atoms with Crippen molar-refractivity contribution in [3.05, 3.63) is 29.6 Å². The first-order valence-electron chi connectivity index (χ1n) is 5.14. The average molecular weight is 231 g/mol. The summed E-state index contributed by atoms with van der Waals surface area (Å²) < 4.78 is 41.7. The molecule has 1 atom stereocenters. The van der Waals surface area contributed by atoms with Crippen molar-refractivity contribution in [3.8, 4) is 5.75 Å². The van der Waals surface area contributed by atoms with E-state index in [-0.39, 0.29) is 17.6 Å². The Balaban J connectivity index is 2.21. The number of benzene rings is 1. The highest BCUT2D eigenvalue weighted by molar-refractivity contribution is 5.32. The lowest BCUT2D eigenvalue weighted by atomic mass is 10.0. The molecule has 1 fully saturated rings. The molecule has 1 saturated heterocycles. The molecule has 88 valence electrons. The molecule has 16 heavy (non-hydrogen) atoms. The van der Waals surface area contributed by atoms with Crippen molar-refractivity contribution in [2.24, 2.45) is 0 Å². The zero-order valence-electron chi connectivity index (χ0n) is 8.55. The van der Waals surface area contributed by atoms with Gasteiger partial charge >= 0.3 is 6.61 Å². The van der Waals surface area contributed by atoms with Gasteiger partial charge in [0.15, 0.2) is 0 Å². The van der Waals surface area contributed by atoms with Gasteiger partial charge in [0.1, 0.15) is 11.6 Å². The lowest BCUT2D eigenvalue weighted by Crippen LogP contribution is -2.14. The molecule has 2 nitrogen and oxygen atoms in total. The van der Waals surface area contributed by atoms with E-state index in [4.69, 9.17) is 0 Å². The average Bonchev–Trinajstić information content (AvgIpc) is 2.73.